The van der Waals surface area contributed by atoms with Crippen LogP contribution in [0.5, 0.6) is 0 Å². The standard InChI is InChI=1S/C13H9N3O/c1-2-10-7-11(9-14-8-10)13(17)16-12-5-3-4-6-15-12/h1,3-9H,(H,15,16,17). The molecule has 2 heterocycles. The summed E-state index contributed by atoms with van der Waals surface area (Å²) in [5, 5.41) is 2.65. The smallest absolute Gasteiger partial charge is 0.258 e. The molecule has 0 saturated heterocycles. The van der Waals surface area contributed by atoms with Gasteiger partial charge in [0.1, 0.15) is 5.82 Å². The fourth-order valence-electron chi connectivity index (χ4n) is 1.27. The van der Waals surface area contributed by atoms with Crippen molar-refractivity contribution in [2.24, 2.45) is 0 Å². The molecule has 0 saturated carbocycles. The quantitative estimate of drug-likeness (QED) is 0.788. The molecule has 4 heteroatoms. The predicted octanol–water partition coefficient (Wildman–Crippen LogP) is 1.71. The largest absolute Gasteiger partial charge is 0.307 e. The Morgan fingerprint density at radius 2 is 2.24 bits per heavy atom. The Kier molecular flexibility index (Phi) is 3.13. The zero-order valence-corrected chi connectivity index (χ0v) is 8.92. The zero-order chi connectivity index (χ0) is 12.1. The van der Waals surface area contributed by atoms with Crippen molar-refractivity contribution in [3.8, 4) is 12.3 Å². The molecular weight excluding hydrogens is 214 g/mol. The lowest BCUT2D eigenvalue weighted by Crippen LogP contribution is -2.13. The van der Waals surface area contributed by atoms with Gasteiger partial charge in [-0.15, -0.1) is 6.42 Å². The van der Waals surface area contributed by atoms with Crippen molar-refractivity contribution in [2.75, 3.05) is 5.32 Å². The van der Waals surface area contributed by atoms with E-state index in [2.05, 4.69) is 21.2 Å². The van der Waals surface area contributed by atoms with Gasteiger partial charge in [0.05, 0.1) is 5.56 Å². The van der Waals surface area contributed by atoms with Crippen LogP contribution in [0.15, 0.2) is 42.9 Å². The SMILES string of the molecule is C#Cc1cncc(C(=O)Nc2ccccn2)c1. The fraction of sp³-hybridized carbons (Fsp3) is 0. The van der Waals surface area contributed by atoms with E-state index in [0.29, 0.717) is 16.9 Å². The molecule has 1 amide bonds. The third-order valence-corrected chi connectivity index (χ3v) is 2.07. The van der Waals surface area contributed by atoms with Gasteiger partial charge in [0.2, 0.25) is 0 Å². The number of aromatic nitrogens is 2. The highest BCUT2D eigenvalue weighted by molar-refractivity contribution is 6.03. The van der Waals surface area contributed by atoms with Gasteiger partial charge in [-0.1, -0.05) is 12.0 Å². The van der Waals surface area contributed by atoms with Crippen molar-refractivity contribution in [3.63, 3.8) is 0 Å². The van der Waals surface area contributed by atoms with Crippen LogP contribution in [-0.2, 0) is 0 Å². The highest BCUT2D eigenvalue weighted by Gasteiger charge is 2.07. The van der Waals surface area contributed by atoms with Crippen LogP contribution < -0.4 is 5.32 Å². The first kappa shape index (κ1) is 10.8. The summed E-state index contributed by atoms with van der Waals surface area (Å²) in [6.07, 6.45) is 9.82. The van der Waals surface area contributed by atoms with Crippen molar-refractivity contribution >= 4 is 11.7 Å². The third kappa shape index (κ3) is 2.67. The molecule has 0 fully saturated rings. The predicted molar refractivity (Wildman–Crippen MR) is 64.4 cm³/mol. The number of carbonyl (C=O) groups is 1. The van der Waals surface area contributed by atoms with E-state index in [-0.39, 0.29) is 5.91 Å². The van der Waals surface area contributed by atoms with Gasteiger partial charge in [0.15, 0.2) is 0 Å². The number of hydrogen-bond acceptors (Lipinski definition) is 3. The van der Waals surface area contributed by atoms with Crippen LogP contribution in [0.25, 0.3) is 0 Å². The first-order chi connectivity index (χ1) is 8.29. The van der Waals surface area contributed by atoms with Gasteiger partial charge in [-0.3, -0.25) is 9.78 Å². The molecule has 17 heavy (non-hydrogen) atoms. The lowest BCUT2D eigenvalue weighted by Gasteiger charge is -2.03. The summed E-state index contributed by atoms with van der Waals surface area (Å²) >= 11 is 0. The average Bonchev–Trinajstić information content (AvgIpc) is 2.40. The second-order valence-electron chi connectivity index (χ2n) is 3.28. The second-order valence-corrected chi connectivity index (χ2v) is 3.28. The van der Waals surface area contributed by atoms with E-state index in [9.17, 15) is 4.79 Å². The number of pyridine rings is 2. The number of anilines is 1. The number of hydrogen-bond donors (Lipinski definition) is 1. The highest BCUT2D eigenvalue weighted by Crippen LogP contribution is 2.06. The molecule has 4 nitrogen and oxygen atoms in total. The van der Waals surface area contributed by atoms with E-state index in [1.165, 1.54) is 12.4 Å². The Labute approximate surface area is 98.7 Å². The summed E-state index contributed by atoms with van der Waals surface area (Å²) in [4.78, 5) is 19.7. The highest BCUT2D eigenvalue weighted by atomic mass is 16.1. The summed E-state index contributed by atoms with van der Waals surface area (Å²) in [5.41, 5.74) is 0.977. The molecule has 0 aliphatic rings. The Morgan fingerprint density at radius 3 is 2.94 bits per heavy atom. The van der Waals surface area contributed by atoms with Crippen LogP contribution in [0.2, 0.25) is 0 Å². The van der Waals surface area contributed by atoms with E-state index in [0.717, 1.165) is 0 Å². The molecule has 0 unspecified atom stereocenters. The maximum atomic E-state index is 11.8. The molecule has 82 valence electrons. The van der Waals surface area contributed by atoms with Crippen LogP contribution in [0.1, 0.15) is 15.9 Å². The molecule has 2 aromatic rings. The molecule has 2 rings (SSSR count). The summed E-state index contributed by atoms with van der Waals surface area (Å²) in [7, 11) is 0. The molecule has 0 bridgehead atoms. The number of rotatable bonds is 2. The molecule has 0 aliphatic heterocycles. The van der Waals surface area contributed by atoms with Gasteiger partial charge in [-0.05, 0) is 18.2 Å². The minimum absolute atomic E-state index is 0.284. The minimum atomic E-state index is -0.284. The summed E-state index contributed by atoms with van der Waals surface area (Å²) < 4.78 is 0. The lowest BCUT2D eigenvalue weighted by atomic mass is 10.2. The lowest BCUT2D eigenvalue weighted by molar-refractivity contribution is 0.102. The maximum absolute atomic E-state index is 11.8. The topological polar surface area (TPSA) is 54.9 Å². The fourth-order valence-corrected chi connectivity index (χ4v) is 1.27. The summed E-state index contributed by atoms with van der Waals surface area (Å²) in [5.74, 6) is 2.63. The van der Waals surface area contributed by atoms with Crippen LogP contribution in [-0.4, -0.2) is 15.9 Å². The third-order valence-electron chi connectivity index (χ3n) is 2.07. The number of carbonyl (C=O) groups excluding carboxylic acids is 1. The summed E-state index contributed by atoms with van der Waals surface area (Å²) in [6.45, 7) is 0. The Hall–Kier alpha value is -2.67. The van der Waals surface area contributed by atoms with Crippen molar-refractivity contribution in [1.82, 2.24) is 9.97 Å². The van der Waals surface area contributed by atoms with Gasteiger partial charge >= 0.3 is 0 Å². The molecule has 2 aromatic heterocycles. The van der Waals surface area contributed by atoms with Crippen molar-refractivity contribution in [1.29, 1.82) is 0 Å². The molecular formula is C13H9N3O. The Morgan fingerprint density at radius 1 is 1.35 bits per heavy atom. The van der Waals surface area contributed by atoms with E-state index in [1.54, 1.807) is 30.5 Å². The van der Waals surface area contributed by atoms with E-state index in [1.807, 2.05) is 0 Å². The Balaban J connectivity index is 2.18. The molecule has 0 aromatic carbocycles. The molecule has 0 atom stereocenters. The van der Waals surface area contributed by atoms with Crippen molar-refractivity contribution in [2.45, 2.75) is 0 Å². The molecule has 1 N–H and O–H groups in total. The van der Waals surface area contributed by atoms with Crippen LogP contribution in [0.3, 0.4) is 0 Å². The van der Waals surface area contributed by atoms with Gasteiger partial charge in [0.25, 0.3) is 5.91 Å². The minimum Gasteiger partial charge on any atom is -0.307 e. The van der Waals surface area contributed by atoms with Gasteiger partial charge < -0.3 is 5.32 Å². The average molecular weight is 223 g/mol. The second kappa shape index (κ2) is 4.90. The zero-order valence-electron chi connectivity index (χ0n) is 8.92. The monoisotopic (exact) mass is 223 g/mol. The van der Waals surface area contributed by atoms with Gasteiger partial charge in [-0.25, -0.2) is 4.98 Å². The number of terminal acetylenes is 1. The number of nitrogens with one attached hydrogen (secondary N) is 1. The van der Waals surface area contributed by atoms with Crippen LogP contribution in [0, 0.1) is 12.3 Å². The molecule has 0 spiro atoms. The van der Waals surface area contributed by atoms with E-state index in [4.69, 9.17) is 6.42 Å². The number of nitrogens with zero attached hydrogens (tertiary/aromatic N) is 2. The maximum Gasteiger partial charge on any atom is 0.258 e. The normalized spacial score (nSPS) is 9.35. The van der Waals surface area contributed by atoms with Crippen LogP contribution in [0.4, 0.5) is 5.82 Å². The molecule has 0 radical (unpaired) electrons. The Bertz CT molecular complexity index is 573. The van der Waals surface area contributed by atoms with E-state index < -0.39 is 0 Å². The van der Waals surface area contributed by atoms with Crippen LogP contribution >= 0.6 is 0 Å². The molecule has 0 aliphatic carbocycles. The van der Waals surface area contributed by atoms with Crippen molar-refractivity contribution in [3.05, 3.63) is 54.0 Å². The first-order valence-corrected chi connectivity index (χ1v) is 4.93. The summed E-state index contributed by atoms with van der Waals surface area (Å²) in [6, 6.07) is 6.87. The van der Waals surface area contributed by atoms with Crippen molar-refractivity contribution < 1.29 is 4.79 Å². The van der Waals surface area contributed by atoms with Gasteiger partial charge in [0, 0.05) is 24.2 Å². The first-order valence-electron chi connectivity index (χ1n) is 4.93. The number of amides is 1. The van der Waals surface area contributed by atoms with Gasteiger partial charge in [-0.2, -0.15) is 0 Å². The van der Waals surface area contributed by atoms with E-state index >= 15 is 0 Å².